The smallest absolute Gasteiger partial charge is 0.312 e. The van der Waals surface area contributed by atoms with E-state index in [4.69, 9.17) is 4.74 Å². The average molecular weight is 379 g/mol. The van der Waals surface area contributed by atoms with E-state index >= 15 is 0 Å². The highest BCUT2D eigenvalue weighted by atomic mass is 32.1. The van der Waals surface area contributed by atoms with Crippen molar-refractivity contribution in [2.45, 2.75) is 19.4 Å². The Bertz CT molecular complexity index is 1100. The highest BCUT2D eigenvalue weighted by molar-refractivity contribution is 7.15. The van der Waals surface area contributed by atoms with Crippen molar-refractivity contribution in [2.75, 3.05) is 5.32 Å². The van der Waals surface area contributed by atoms with Crippen LogP contribution in [0.3, 0.4) is 0 Å². The fraction of sp³-hybridized carbons (Fsp3) is 0.150. The Kier molecular flexibility index (Phi) is 4.60. The quantitative estimate of drug-likeness (QED) is 0.537. The van der Waals surface area contributed by atoms with Gasteiger partial charge in [-0.3, -0.25) is 14.0 Å². The number of fused-ring (bicyclic) bond motifs is 2. The summed E-state index contributed by atoms with van der Waals surface area (Å²) in [5, 5.41) is 6.83. The van der Waals surface area contributed by atoms with Crippen molar-refractivity contribution in [1.82, 2.24) is 9.38 Å². The molecule has 0 spiro atoms. The zero-order chi connectivity index (χ0) is 18.8. The molecule has 0 saturated carbocycles. The predicted octanol–water partition coefficient (Wildman–Crippen LogP) is 3.66. The minimum atomic E-state index is -0.896. The third-order valence-corrected chi connectivity index (χ3v) is 4.93. The number of amides is 1. The van der Waals surface area contributed by atoms with Gasteiger partial charge < -0.3 is 10.1 Å². The molecule has 7 heteroatoms. The van der Waals surface area contributed by atoms with Crippen LogP contribution >= 0.6 is 11.3 Å². The Morgan fingerprint density at radius 3 is 2.85 bits per heavy atom. The number of carbonyl (C=O) groups is 2. The van der Waals surface area contributed by atoms with E-state index in [0.29, 0.717) is 11.4 Å². The number of rotatable bonds is 5. The van der Waals surface area contributed by atoms with E-state index in [9.17, 15) is 9.59 Å². The van der Waals surface area contributed by atoms with Crippen LogP contribution in [0.5, 0.6) is 0 Å². The van der Waals surface area contributed by atoms with Gasteiger partial charge in [0.2, 0.25) is 0 Å². The van der Waals surface area contributed by atoms with Gasteiger partial charge in [0.1, 0.15) is 0 Å². The van der Waals surface area contributed by atoms with E-state index < -0.39 is 12.1 Å². The summed E-state index contributed by atoms with van der Waals surface area (Å²) in [5.41, 5.74) is 1.28. The molecule has 0 aliphatic carbocycles. The Labute approximate surface area is 159 Å². The standard InChI is InChI=1S/C20H17N3O3S/c1-13(26-18(24)11-17-12-23-8-9-27-20(23)22-17)19(25)21-16-7-6-14-4-2-3-5-15(14)10-16/h2-10,12-13H,11H2,1H3,(H,21,25)/t13-/m0/s1. The summed E-state index contributed by atoms with van der Waals surface area (Å²) in [6.07, 6.45) is 2.80. The van der Waals surface area contributed by atoms with Crippen LogP contribution in [0.25, 0.3) is 15.7 Å². The van der Waals surface area contributed by atoms with Crippen molar-refractivity contribution in [3.8, 4) is 0 Å². The number of imidazole rings is 1. The molecule has 6 nitrogen and oxygen atoms in total. The molecule has 0 aliphatic heterocycles. The molecule has 27 heavy (non-hydrogen) atoms. The first-order valence-electron chi connectivity index (χ1n) is 8.49. The highest BCUT2D eigenvalue weighted by Gasteiger charge is 2.19. The monoisotopic (exact) mass is 379 g/mol. The molecular weight excluding hydrogens is 362 g/mol. The first kappa shape index (κ1) is 17.2. The summed E-state index contributed by atoms with van der Waals surface area (Å²) < 4.78 is 7.10. The number of ether oxygens (including phenoxy) is 1. The molecule has 0 bridgehead atoms. The molecule has 2 aromatic carbocycles. The number of anilines is 1. The van der Waals surface area contributed by atoms with Gasteiger partial charge in [0.05, 0.1) is 12.1 Å². The molecule has 2 heterocycles. The van der Waals surface area contributed by atoms with Gasteiger partial charge in [0, 0.05) is 23.5 Å². The summed E-state index contributed by atoms with van der Waals surface area (Å²) >= 11 is 1.49. The van der Waals surface area contributed by atoms with Gasteiger partial charge in [-0.05, 0) is 29.8 Å². The minimum Gasteiger partial charge on any atom is -0.452 e. The Balaban J connectivity index is 1.36. The van der Waals surface area contributed by atoms with Crippen LogP contribution in [0.2, 0.25) is 0 Å². The molecule has 4 rings (SSSR count). The second-order valence-electron chi connectivity index (χ2n) is 6.19. The lowest BCUT2D eigenvalue weighted by atomic mass is 10.1. The van der Waals surface area contributed by atoms with E-state index in [1.165, 1.54) is 11.3 Å². The first-order valence-corrected chi connectivity index (χ1v) is 9.37. The van der Waals surface area contributed by atoms with E-state index in [-0.39, 0.29) is 12.3 Å². The van der Waals surface area contributed by atoms with Gasteiger partial charge in [0.25, 0.3) is 5.91 Å². The summed E-state index contributed by atoms with van der Waals surface area (Å²) in [5.74, 6) is -0.855. The third kappa shape index (κ3) is 3.83. The molecular formula is C20H17N3O3S. The van der Waals surface area contributed by atoms with Gasteiger partial charge in [-0.15, -0.1) is 11.3 Å². The number of nitrogens with zero attached hydrogens (tertiary/aromatic N) is 2. The maximum absolute atomic E-state index is 12.3. The molecule has 0 aliphatic rings. The van der Waals surface area contributed by atoms with Crippen LogP contribution in [0, 0.1) is 0 Å². The molecule has 1 atom stereocenters. The molecule has 0 fully saturated rings. The van der Waals surface area contributed by atoms with Crippen LogP contribution in [0.4, 0.5) is 5.69 Å². The van der Waals surface area contributed by atoms with Crippen molar-refractivity contribution < 1.29 is 14.3 Å². The number of thiazole rings is 1. The number of benzene rings is 2. The van der Waals surface area contributed by atoms with Gasteiger partial charge in [-0.1, -0.05) is 30.3 Å². The number of hydrogen-bond donors (Lipinski definition) is 1. The van der Waals surface area contributed by atoms with E-state index in [2.05, 4.69) is 10.3 Å². The topological polar surface area (TPSA) is 72.7 Å². The first-order chi connectivity index (χ1) is 13.1. The fourth-order valence-electron chi connectivity index (χ4n) is 2.81. The largest absolute Gasteiger partial charge is 0.452 e. The van der Waals surface area contributed by atoms with Gasteiger partial charge in [0.15, 0.2) is 11.1 Å². The summed E-state index contributed by atoms with van der Waals surface area (Å²) in [4.78, 5) is 29.6. The van der Waals surface area contributed by atoms with Crippen LogP contribution in [-0.4, -0.2) is 27.4 Å². The zero-order valence-corrected chi connectivity index (χ0v) is 15.4. The summed E-state index contributed by atoms with van der Waals surface area (Å²) in [6, 6.07) is 13.5. The number of nitrogens with one attached hydrogen (secondary N) is 1. The molecule has 0 unspecified atom stereocenters. The summed E-state index contributed by atoms with van der Waals surface area (Å²) in [6.45, 7) is 1.56. The minimum absolute atomic E-state index is 0.0298. The summed E-state index contributed by atoms with van der Waals surface area (Å²) in [7, 11) is 0. The number of hydrogen-bond acceptors (Lipinski definition) is 5. The second kappa shape index (κ2) is 7.20. The number of carbonyl (C=O) groups excluding carboxylic acids is 2. The lowest BCUT2D eigenvalue weighted by molar-refractivity contribution is -0.152. The van der Waals surface area contributed by atoms with Gasteiger partial charge in [-0.25, -0.2) is 4.98 Å². The maximum Gasteiger partial charge on any atom is 0.312 e. The normalized spacial score (nSPS) is 12.2. The van der Waals surface area contributed by atoms with Crippen molar-refractivity contribution in [1.29, 1.82) is 0 Å². The fourth-order valence-corrected chi connectivity index (χ4v) is 3.53. The predicted molar refractivity (Wildman–Crippen MR) is 105 cm³/mol. The molecule has 1 amide bonds. The van der Waals surface area contributed by atoms with Gasteiger partial charge in [-0.2, -0.15) is 0 Å². The van der Waals surface area contributed by atoms with E-state index in [1.54, 1.807) is 13.1 Å². The van der Waals surface area contributed by atoms with Crippen molar-refractivity contribution in [3.63, 3.8) is 0 Å². The highest BCUT2D eigenvalue weighted by Crippen LogP contribution is 2.19. The Hall–Kier alpha value is -3.19. The van der Waals surface area contributed by atoms with Crippen molar-refractivity contribution >= 4 is 44.6 Å². The molecule has 4 aromatic rings. The van der Waals surface area contributed by atoms with Crippen LogP contribution in [-0.2, 0) is 20.7 Å². The molecule has 1 N–H and O–H groups in total. The SMILES string of the molecule is C[C@H](OC(=O)Cc1cn2ccsc2n1)C(=O)Nc1ccc2ccccc2c1. The zero-order valence-electron chi connectivity index (χ0n) is 14.6. The molecule has 136 valence electrons. The van der Waals surface area contributed by atoms with Crippen LogP contribution in [0.1, 0.15) is 12.6 Å². The lowest BCUT2D eigenvalue weighted by Crippen LogP contribution is -2.30. The number of aromatic nitrogens is 2. The molecule has 0 saturated heterocycles. The Morgan fingerprint density at radius 2 is 2.04 bits per heavy atom. The molecule has 2 aromatic heterocycles. The van der Waals surface area contributed by atoms with Crippen molar-refractivity contribution in [2.24, 2.45) is 0 Å². The maximum atomic E-state index is 12.3. The van der Waals surface area contributed by atoms with Crippen molar-refractivity contribution in [3.05, 3.63) is 65.9 Å². The number of esters is 1. The van der Waals surface area contributed by atoms with Crippen LogP contribution in [0.15, 0.2) is 60.2 Å². The van der Waals surface area contributed by atoms with E-state index in [0.717, 1.165) is 15.7 Å². The lowest BCUT2D eigenvalue weighted by Gasteiger charge is -2.13. The molecule has 0 radical (unpaired) electrons. The third-order valence-electron chi connectivity index (χ3n) is 4.16. The average Bonchev–Trinajstić information content (AvgIpc) is 3.23. The Morgan fingerprint density at radius 1 is 1.22 bits per heavy atom. The van der Waals surface area contributed by atoms with Gasteiger partial charge >= 0.3 is 5.97 Å². The second-order valence-corrected chi connectivity index (χ2v) is 7.06. The van der Waals surface area contributed by atoms with E-state index in [1.807, 2.05) is 58.4 Å². The van der Waals surface area contributed by atoms with Crippen LogP contribution < -0.4 is 5.32 Å².